The number of amides is 2. The summed E-state index contributed by atoms with van der Waals surface area (Å²) in [7, 11) is 0. The molecule has 2 aliphatic carbocycles. The predicted molar refractivity (Wildman–Crippen MR) is 94.9 cm³/mol. The zero-order chi connectivity index (χ0) is 17.1. The summed E-state index contributed by atoms with van der Waals surface area (Å²) in [4.78, 5) is 24.1. The van der Waals surface area contributed by atoms with E-state index in [1.165, 1.54) is 25.7 Å². The van der Waals surface area contributed by atoms with Gasteiger partial charge in [0.05, 0.1) is 0 Å². The first-order valence-corrected chi connectivity index (χ1v) is 9.24. The molecule has 4 atom stereocenters. The molecule has 2 N–H and O–H groups in total. The number of carbonyl (C=O) groups is 2. The number of halogens is 1. The van der Waals surface area contributed by atoms with E-state index >= 15 is 0 Å². The Bertz CT molecular complexity index is 602. The van der Waals surface area contributed by atoms with Crippen molar-refractivity contribution in [2.75, 3.05) is 6.54 Å². The van der Waals surface area contributed by atoms with Crippen molar-refractivity contribution in [3.63, 3.8) is 0 Å². The predicted octanol–water partition coefficient (Wildman–Crippen LogP) is 3.40. The van der Waals surface area contributed by atoms with Crippen molar-refractivity contribution >= 4 is 23.4 Å². The van der Waals surface area contributed by atoms with Gasteiger partial charge >= 0.3 is 0 Å². The van der Waals surface area contributed by atoms with E-state index in [1.807, 2.05) is 0 Å². The lowest BCUT2D eigenvalue weighted by atomic mass is 9.84. The largest absolute Gasteiger partial charge is 0.353 e. The van der Waals surface area contributed by atoms with Gasteiger partial charge in [-0.15, -0.1) is 0 Å². The van der Waals surface area contributed by atoms with Crippen LogP contribution in [0.25, 0.3) is 0 Å². The highest BCUT2D eigenvalue weighted by Gasteiger charge is 2.42. The van der Waals surface area contributed by atoms with Gasteiger partial charge in [0.2, 0.25) is 5.91 Å². The summed E-state index contributed by atoms with van der Waals surface area (Å²) in [5.41, 5.74) is 0.551. The SMILES string of the molecule is C[C@@H](NC(=O)CCNC(=O)c1ccc(Cl)cc1)[C@H]1C[C@H]2CC[C@H]1C2. The molecule has 0 aliphatic heterocycles. The average Bonchev–Trinajstić information content (AvgIpc) is 3.18. The molecule has 0 radical (unpaired) electrons. The van der Waals surface area contributed by atoms with Crippen LogP contribution in [-0.4, -0.2) is 24.4 Å². The van der Waals surface area contributed by atoms with Crippen molar-refractivity contribution in [2.24, 2.45) is 17.8 Å². The van der Waals surface area contributed by atoms with Crippen LogP contribution in [0.3, 0.4) is 0 Å². The van der Waals surface area contributed by atoms with E-state index in [0.717, 1.165) is 11.8 Å². The van der Waals surface area contributed by atoms with E-state index in [1.54, 1.807) is 24.3 Å². The fraction of sp³-hybridized carbons (Fsp3) is 0.579. The van der Waals surface area contributed by atoms with Gasteiger partial charge in [0.25, 0.3) is 5.91 Å². The van der Waals surface area contributed by atoms with E-state index in [-0.39, 0.29) is 17.9 Å². The highest BCUT2D eigenvalue weighted by Crippen LogP contribution is 2.49. The molecule has 2 saturated carbocycles. The van der Waals surface area contributed by atoms with Crippen LogP contribution in [0.5, 0.6) is 0 Å². The molecule has 5 heteroatoms. The second kappa shape index (κ2) is 7.56. The Labute approximate surface area is 148 Å². The van der Waals surface area contributed by atoms with Crippen LogP contribution in [-0.2, 0) is 4.79 Å². The fourth-order valence-corrected chi connectivity index (χ4v) is 4.46. The summed E-state index contributed by atoms with van der Waals surface area (Å²) in [6.45, 7) is 2.46. The lowest BCUT2D eigenvalue weighted by Crippen LogP contribution is -2.41. The number of nitrogens with one attached hydrogen (secondary N) is 2. The van der Waals surface area contributed by atoms with E-state index < -0.39 is 0 Å². The highest BCUT2D eigenvalue weighted by atomic mass is 35.5. The third-order valence-electron chi connectivity index (χ3n) is 5.57. The zero-order valence-electron chi connectivity index (χ0n) is 14.1. The minimum atomic E-state index is -0.180. The van der Waals surface area contributed by atoms with Gasteiger partial charge in [-0.2, -0.15) is 0 Å². The Morgan fingerprint density at radius 1 is 1.21 bits per heavy atom. The number of benzene rings is 1. The summed E-state index contributed by atoms with van der Waals surface area (Å²) in [6, 6.07) is 6.95. The summed E-state index contributed by atoms with van der Waals surface area (Å²) in [5.74, 6) is 2.16. The van der Waals surface area contributed by atoms with Crippen LogP contribution in [0, 0.1) is 17.8 Å². The van der Waals surface area contributed by atoms with Gasteiger partial charge in [-0.05, 0) is 68.2 Å². The van der Waals surface area contributed by atoms with Gasteiger partial charge in [-0.3, -0.25) is 9.59 Å². The molecular formula is C19H25ClN2O2. The van der Waals surface area contributed by atoms with Crippen LogP contribution in [0.4, 0.5) is 0 Å². The van der Waals surface area contributed by atoms with E-state index in [4.69, 9.17) is 11.6 Å². The molecule has 0 heterocycles. The number of hydrogen-bond donors (Lipinski definition) is 2. The summed E-state index contributed by atoms with van der Waals surface area (Å²) >= 11 is 5.80. The second-order valence-corrected chi connectivity index (χ2v) is 7.64. The quantitative estimate of drug-likeness (QED) is 0.827. The lowest BCUT2D eigenvalue weighted by molar-refractivity contribution is -0.122. The molecule has 4 nitrogen and oxygen atoms in total. The number of rotatable bonds is 6. The summed E-state index contributed by atoms with van der Waals surface area (Å²) in [6.07, 6.45) is 5.62. The standard InChI is InChI=1S/C19H25ClN2O2/c1-12(17-11-13-2-3-15(17)10-13)22-18(23)8-9-21-19(24)14-4-6-16(20)7-5-14/h4-7,12-13,15,17H,2-3,8-11H2,1H3,(H,21,24)(H,22,23)/t12-,13+,15+,17-/m1/s1. The summed E-state index contributed by atoms with van der Waals surface area (Å²) in [5, 5.41) is 6.49. The molecule has 2 aliphatic rings. The molecule has 0 aromatic heterocycles. The van der Waals surface area contributed by atoms with Crippen molar-refractivity contribution in [3.05, 3.63) is 34.9 Å². The number of fused-ring (bicyclic) bond motifs is 2. The van der Waals surface area contributed by atoms with Crippen molar-refractivity contribution in [1.29, 1.82) is 0 Å². The molecule has 24 heavy (non-hydrogen) atoms. The molecular weight excluding hydrogens is 324 g/mol. The third kappa shape index (κ3) is 4.10. The Morgan fingerprint density at radius 2 is 1.96 bits per heavy atom. The minimum Gasteiger partial charge on any atom is -0.353 e. The Balaban J connectivity index is 1.38. The van der Waals surface area contributed by atoms with E-state index in [9.17, 15) is 9.59 Å². The molecule has 2 fully saturated rings. The smallest absolute Gasteiger partial charge is 0.251 e. The number of carbonyl (C=O) groups excluding carboxylic acids is 2. The Hall–Kier alpha value is -1.55. The Kier molecular flexibility index (Phi) is 5.44. The van der Waals surface area contributed by atoms with Gasteiger partial charge in [0.15, 0.2) is 0 Å². The molecule has 0 saturated heterocycles. The highest BCUT2D eigenvalue weighted by molar-refractivity contribution is 6.30. The van der Waals surface area contributed by atoms with Crippen molar-refractivity contribution in [1.82, 2.24) is 10.6 Å². The first-order chi connectivity index (χ1) is 11.5. The molecule has 3 rings (SSSR count). The molecule has 2 bridgehead atoms. The minimum absolute atomic E-state index is 0.0154. The van der Waals surface area contributed by atoms with Gasteiger partial charge in [0, 0.05) is 29.6 Å². The molecule has 1 aromatic rings. The van der Waals surface area contributed by atoms with Gasteiger partial charge in [0.1, 0.15) is 0 Å². The zero-order valence-corrected chi connectivity index (χ0v) is 14.8. The van der Waals surface area contributed by atoms with Crippen LogP contribution in [0.1, 0.15) is 49.4 Å². The maximum Gasteiger partial charge on any atom is 0.251 e. The first kappa shape index (κ1) is 17.3. The van der Waals surface area contributed by atoms with Crippen LogP contribution < -0.4 is 10.6 Å². The van der Waals surface area contributed by atoms with Crippen molar-refractivity contribution < 1.29 is 9.59 Å². The maximum atomic E-state index is 12.1. The molecule has 1 aromatic carbocycles. The van der Waals surface area contributed by atoms with E-state index in [2.05, 4.69) is 17.6 Å². The molecule has 0 spiro atoms. The average molecular weight is 349 g/mol. The molecule has 130 valence electrons. The van der Waals surface area contributed by atoms with E-state index in [0.29, 0.717) is 29.5 Å². The topological polar surface area (TPSA) is 58.2 Å². The normalized spacial score (nSPS) is 26.2. The third-order valence-corrected chi connectivity index (χ3v) is 5.82. The monoisotopic (exact) mass is 348 g/mol. The summed E-state index contributed by atoms with van der Waals surface area (Å²) < 4.78 is 0. The van der Waals surface area contributed by atoms with Crippen LogP contribution in [0.2, 0.25) is 5.02 Å². The first-order valence-electron chi connectivity index (χ1n) is 8.86. The maximum absolute atomic E-state index is 12.1. The van der Waals surface area contributed by atoms with Gasteiger partial charge in [-0.25, -0.2) is 0 Å². The number of hydrogen-bond acceptors (Lipinski definition) is 2. The van der Waals surface area contributed by atoms with Gasteiger partial charge in [-0.1, -0.05) is 18.0 Å². The van der Waals surface area contributed by atoms with Crippen molar-refractivity contribution in [2.45, 2.75) is 45.1 Å². The molecule has 0 unspecified atom stereocenters. The Morgan fingerprint density at radius 3 is 2.58 bits per heavy atom. The second-order valence-electron chi connectivity index (χ2n) is 7.21. The van der Waals surface area contributed by atoms with Gasteiger partial charge < -0.3 is 10.6 Å². The lowest BCUT2D eigenvalue weighted by Gasteiger charge is -2.28. The fourth-order valence-electron chi connectivity index (χ4n) is 4.33. The van der Waals surface area contributed by atoms with Crippen LogP contribution >= 0.6 is 11.6 Å². The molecule has 2 amide bonds. The van der Waals surface area contributed by atoms with Crippen molar-refractivity contribution in [3.8, 4) is 0 Å². The van der Waals surface area contributed by atoms with Crippen LogP contribution in [0.15, 0.2) is 24.3 Å².